The Balaban J connectivity index is 1.57. The number of halogens is 3. The fourth-order valence-electron chi connectivity index (χ4n) is 4.23. The molecule has 1 heterocycles. The average molecular weight is 485 g/mol. The second-order valence-corrected chi connectivity index (χ2v) is 9.37. The molecule has 3 aromatic rings. The van der Waals surface area contributed by atoms with Crippen LogP contribution in [0.3, 0.4) is 0 Å². The van der Waals surface area contributed by atoms with Gasteiger partial charge in [0.2, 0.25) is 5.95 Å². The number of para-hydroxylation sites is 2. The van der Waals surface area contributed by atoms with Crippen LogP contribution in [-0.4, -0.2) is 16.1 Å². The average Bonchev–Trinajstić information content (AvgIpc) is 2.81. The van der Waals surface area contributed by atoms with Crippen molar-refractivity contribution in [3.63, 3.8) is 0 Å². The van der Waals surface area contributed by atoms with E-state index >= 15 is 0 Å². The van der Waals surface area contributed by atoms with Crippen molar-refractivity contribution in [1.82, 2.24) is 9.97 Å². The molecule has 4 rings (SSSR count). The van der Waals surface area contributed by atoms with E-state index in [1.165, 1.54) is 12.0 Å². The standard InChI is InChI=1S/C27H31F3N4O/c1-18(2)16-19-12-14-20(15-13-19)32-26-31-17-22(27(28,29)30)25(34-26)33-23-10-6-7-11-24(23)35-21-8-4-3-5-9-21/h6-7,10-15,17-18,21H,3-5,8-9,16H2,1-2H3,(H2,31,32,33,34). The van der Waals surface area contributed by atoms with Crippen molar-refractivity contribution in [2.24, 2.45) is 5.92 Å². The van der Waals surface area contributed by atoms with Gasteiger partial charge in [0, 0.05) is 11.9 Å². The SMILES string of the molecule is CC(C)Cc1ccc(Nc2ncc(C(F)(F)F)c(Nc3ccccc3OC3CCCCC3)n2)cc1. The van der Waals surface area contributed by atoms with Gasteiger partial charge < -0.3 is 15.4 Å². The van der Waals surface area contributed by atoms with Crippen LogP contribution in [0.4, 0.5) is 36.3 Å². The monoisotopic (exact) mass is 484 g/mol. The Hall–Kier alpha value is -3.29. The highest BCUT2D eigenvalue weighted by Gasteiger charge is 2.35. The van der Waals surface area contributed by atoms with E-state index < -0.39 is 11.7 Å². The van der Waals surface area contributed by atoms with Gasteiger partial charge in [-0.1, -0.05) is 44.5 Å². The van der Waals surface area contributed by atoms with E-state index in [9.17, 15) is 13.2 Å². The molecule has 1 aliphatic carbocycles. The van der Waals surface area contributed by atoms with Crippen LogP contribution in [0.2, 0.25) is 0 Å². The summed E-state index contributed by atoms with van der Waals surface area (Å²) in [6, 6.07) is 14.8. The molecular weight excluding hydrogens is 453 g/mol. The largest absolute Gasteiger partial charge is 0.488 e. The molecule has 35 heavy (non-hydrogen) atoms. The van der Waals surface area contributed by atoms with E-state index in [0.717, 1.165) is 38.3 Å². The number of nitrogens with zero attached hydrogens (tertiary/aromatic N) is 2. The summed E-state index contributed by atoms with van der Waals surface area (Å²) in [6.45, 7) is 4.30. The number of aromatic nitrogens is 2. The number of ether oxygens (including phenoxy) is 1. The van der Waals surface area contributed by atoms with Crippen molar-refractivity contribution in [2.75, 3.05) is 10.6 Å². The highest BCUT2D eigenvalue weighted by atomic mass is 19.4. The summed E-state index contributed by atoms with van der Waals surface area (Å²) in [6.07, 6.45) is 2.47. The fourth-order valence-corrected chi connectivity index (χ4v) is 4.23. The minimum absolute atomic E-state index is 0.0649. The second kappa shape index (κ2) is 11.0. The molecule has 0 aliphatic heterocycles. The lowest BCUT2D eigenvalue weighted by Gasteiger charge is -2.24. The molecular formula is C27H31F3N4O. The summed E-state index contributed by atoms with van der Waals surface area (Å²) in [7, 11) is 0. The smallest absolute Gasteiger partial charge is 0.421 e. The molecule has 8 heteroatoms. The summed E-state index contributed by atoms with van der Waals surface area (Å²) >= 11 is 0. The Morgan fingerprint density at radius 3 is 2.37 bits per heavy atom. The van der Waals surface area contributed by atoms with Crippen molar-refractivity contribution < 1.29 is 17.9 Å². The van der Waals surface area contributed by atoms with Crippen LogP contribution in [0.5, 0.6) is 5.75 Å². The van der Waals surface area contributed by atoms with Gasteiger partial charge in [0.25, 0.3) is 0 Å². The van der Waals surface area contributed by atoms with Gasteiger partial charge in [-0.15, -0.1) is 0 Å². The van der Waals surface area contributed by atoms with Crippen LogP contribution >= 0.6 is 0 Å². The predicted octanol–water partition coefficient (Wildman–Crippen LogP) is 7.89. The molecule has 0 amide bonds. The molecule has 186 valence electrons. The van der Waals surface area contributed by atoms with Gasteiger partial charge >= 0.3 is 6.18 Å². The molecule has 5 nitrogen and oxygen atoms in total. The second-order valence-electron chi connectivity index (χ2n) is 9.37. The van der Waals surface area contributed by atoms with Gasteiger partial charge in [-0.3, -0.25) is 0 Å². The van der Waals surface area contributed by atoms with E-state index in [0.29, 0.717) is 23.0 Å². The lowest BCUT2D eigenvalue weighted by Crippen LogP contribution is -2.20. The van der Waals surface area contributed by atoms with Crippen LogP contribution in [0.15, 0.2) is 54.7 Å². The van der Waals surface area contributed by atoms with Crippen LogP contribution in [-0.2, 0) is 12.6 Å². The molecule has 2 N–H and O–H groups in total. The normalized spacial score (nSPS) is 14.7. The van der Waals surface area contributed by atoms with Crippen LogP contribution in [0.25, 0.3) is 0 Å². The summed E-state index contributed by atoms with van der Waals surface area (Å²) < 4.78 is 47.4. The third-order valence-electron chi connectivity index (χ3n) is 5.93. The van der Waals surface area contributed by atoms with E-state index in [1.54, 1.807) is 18.2 Å². The number of anilines is 4. The van der Waals surface area contributed by atoms with Gasteiger partial charge in [0.05, 0.1) is 11.8 Å². The number of hydrogen-bond donors (Lipinski definition) is 2. The zero-order valence-electron chi connectivity index (χ0n) is 20.0. The minimum Gasteiger partial charge on any atom is -0.488 e. The predicted molar refractivity (Wildman–Crippen MR) is 133 cm³/mol. The Morgan fingerprint density at radius 2 is 1.69 bits per heavy atom. The maximum atomic E-state index is 13.8. The summed E-state index contributed by atoms with van der Waals surface area (Å²) in [5.74, 6) is 0.793. The topological polar surface area (TPSA) is 59.1 Å². The first-order valence-electron chi connectivity index (χ1n) is 12.1. The van der Waals surface area contributed by atoms with E-state index in [2.05, 4.69) is 34.4 Å². The van der Waals surface area contributed by atoms with Crippen LogP contribution < -0.4 is 15.4 Å². The van der Waals surface area contributed by atoms with Crippen LogP contribution in [0, 0.1) is 5.92 Å². The highest BCUT2D eigenvalue weighted by Crippen LogP contribution is 2.37. The first-order chi connectivity index (χ1) is 16.8. The van der Waals surface area contributed by atoms with Crippen molar-refractivity contribution in [3.8, 4) is 5.75 Å². The number of benzene rings is 2. The third-order valence-corrected chi connectivity index (χ3v) is 5.93. The number of alkyl halides is 3. The van der Waals surface area contributed by atoms with Crippen molar-refractivity contribution in [1.29, 1.82) is 0 Å². The maximum absolute atomic E-state index is 13.8. The van der Waals surface area contributed by atoms with Crippen molar-refractivity contribution in [3.05, 3.63) is 65.9 Å². The Bertz CT molecular complexity index is 1110. The zero-order valence-corrected chi connectivity index (χ0v) is 20.0. The Kier molecular flexibility index (Phi) is 7.78. The van der Waals surface area contributed by atoms with Crippen molar-refractivity contribution >= 4 is 23.1 Å². The zero-order chi connectivity index (χ0) is 24.8. The molecule has 0 unspecified atom stereocenters. The lowest BCUT2D eigenvalue weighted by molar-refractivity contribution is -0.137. The molecule has 0 spiro atoms. The maximum Gasteiger partial charge on any atom is 0.421 e. The fraction of sp³-hybridized carbons (Fsp3) is 0.407. The van der Waals surface area contributed by atoms with Gasteiger partial charge in [0.15, 0.2) is 0 Å². The van der Waals surface area contributed by atoms with E-state index in [-0.39, 0.29) is 17.9 Å². The van der Waals surface area contributed by atoms with Gasteiger partial charge in [-0.25, -0.2) is 4.98 Å². The summed E-state index contributed by atoms with van der Waals surface area (Å²) in [4.78, 5) is 8.10. The minimum atomic E-state index is -4.61. The Morgan fingerprint density at radius 1 is 0.971 bits per heavy atom. The molecule has 1 saturated carbocycles. The highest BCUT2D eigenvalue weighted by molar-refractivity contribution is 5.67. The van der Waals surface area contributed by atoms with Gasteiger partial charge in [-0.05, 0) is 67.9 Å². The third kappa shape index (κ3) is 6.87. The summed E-state index contributed by atoms with van der Waals surface area (Å²) in [5.41, 5.74) is 1.38. The van der Waals surface area contributed by atoms with Gasteiger partial charge in [-0.2, -0.15) is 18.2 Å². The first kappa shape index (κ1) is 24.8. The molecule has 0 saturated heterocycles. The molecule has 1 aromatic heterocycles. The molecule has 1 fully saturated rings. The van der Waals surface area contributed by atoms with Crippen LogP contribution in [0.1, 0.15) is 57.1 Å². The number of nitrogens with one attached hydrogen (secondary N) is 2. The van der Waals surface area contributed by atoms with E-state index in [1.807, 2.05) is 30.3 Å². The first-order valence-corrected chi connectivity index (χ1v) is 12.1. The molecule has 0 atom stereocenters. The molecule has 1 aliphatic rings. The number of hydrogen-bond acceptors (Lipinski definition) is 5. The molecule has 0 bridgehead atoms. The molecule has 0 radical (unpaired) electrons. The molecule has 2 aromatic carbocycles. The Labute approximate surface area is 204 Å². The summed E-state index contributed by atoms with van der Waals surface area (Å²) in [5, 5.41) is 5.87. The van der Waals surface area contributed by atoms with Crippen molar-refractivity contribution in [2.45, 2.75) is 64.7 Å². The van der Waals surface area contributed by atoms with Gasteiger partial charge in [0.1, 0.15) is 17.1 Å². The quantitative estimate of drug-likeness (QED) is 0.340. The van der Waals surface area contributed by atoms with E-state index in [4.69, 9.17) is 4.74 Å². The lowest BCUT2D eigenvalue weighted by atomic mass is 9.98. The number of rotatable bonds is 8.